The Bertz CT molecular complexity index is 644. The molecule has 1 saturated heterocycles. The average molecular weight is 340 g/mol. The molecule has 1 aromatic carbocycles. The molecule has 1 aromatic rings. The molecule has 2 aliphatic heterocycles. The van der Waals surface area contributed by atoms with Gasteiger partial charge in [0, 0.05) is 25.8 Å². The monoisotopic (exact) mass is 339 g/mol. The van der Waals surface area contributed by atoms with E-state index in [9.17, 15) is 9.59 Å². The molecule has 7 nitrogen and oxygen atoms in total. The quantitative estimate of drug-likeness (QED) is 0.771. The molecule has 23 heavy (non-hydrogen) atoms. The molecule has 1 fully saturated rings. The maximum absolute atomic E-state index is 12.7. The van der Waals surface area contributed by atoms with Gasteiger partial charge in [0.25, 0.3) is 5.91 Å². The van der Waals surface area contributed by atoms with Crippen LogP contribution in [0.25, 0.3) is 0 Å². The second-order valence-corrected chi connectivity index (χ2v) is 6.12. The summed E-state index contributed by atoms with van der Waals surface area (Å²) in [5.74, 6) is 0.0534. The Labute approximate surface area is 138 Å². The highest BCUT2D eigenvalue weighted by atomic mass is 35.5. The fraction of sp³-hybridized carbons (Fsp3) is 0.467. The lowest BCUT2D eigenvalue weighted by Gasteiger charge is -2.34. The van der Waals surface area contributed by atoms with Crippen molar-refractivity contribution in [3.8, 4) is 5.75 Å². The first kappa shape index (κ1) is 16.0. The first-order valence-corrected chi connectivity index (χ1v) is 7.77. The van der Waals surface area contributed by atoms with Crippen molar-refractivity contribution in [1.29, 1.82) is 0 Å². The van der Waals surface area contributed by atoms with Crippen LogP contribution in [-0.2, 0) is 14.3 Å². The van der Waals surface area contributed by atoms with Crippen LogP contribution in [0.15, 0.2) is 12.1 Å². The van der Waals surface area contributed by atoms with Crippen LogP contribution in [0.4, 0.5) is 11.4 Å². The summed E-state index contributed by atoms with van der Waals surface area (Å²) in [5.41, 5.74) is 6.11. The van der Waals surface area contributed by atoms with Crippen LogP contribution >= 0.6 is 11.6 Å². The van der Waals surface area contributed by atoms with Gasteiger partial charge >= 0.3 is 0 Å². The van der Waals surface area contributed by atoms with Gasteiger partial charge in [0.1, 0.15) is 5.75 Å². The summed E-state index contributed by atoms with van der Waals surface area (Å²) < 4.78 is 10.7. The molecule has 2 aliphatic rings. The Hall–Kier alpha value is -1.83. The number of carbonyl (C=O) groups is 2. The van der Waals surface area contributed by atoms with Gasteiger partial charge in [-0.1, -0.05) is 11.6 Å². The molecule has 0 spiro atoms. The first-order valence-electron chi connectivity index (χ1n) is 7.39. The van der Waals surface area contributed by atoms with Gasteiger partial charge in [-0.25, -0.2) is 0 Å². The van der Waals surface area contributed by atoms with Crippen LogP contribution in [0, 0.1) is 5.41 Å². The molecule has 2 heterocycles. The summed E-state index contributed by atoms with van der Waals surface area (Å²) in [6.07, 6.45) is 1.15. The zero-order chi connectivity index (χ0) is 16.4. The molecular weight excluding hydrogens is 322 g/mol. The highest BCUT2D eigenvalue weighted by molar-refractivity contribution is 6.34. The predicted molar refractivity (Wildman–Crippen MR) is 85.7 cm³/mol. The molecule has 0 aliphatic carbocycles. The van der Waals surface area contributed by atoms with Crippen molar-refractivity contribution in [3.05, 3.63) is 17.2 Å². The number of fused-ring (bicyclic) bond motifs is 1. The highest BCUT2D eigenvalue weighted by Gasteiger charge is 2.39. The van der Waals surface area contributed by atoms with E-state index in [1.165, 1.54) is 0 Å². The maximum atomic E-state index is 12.7. The standard InChI is InChI=1S/C15H18ClN3O4/c16-9-5-11-12(23-7-13(20)18-11)6-10(9)19-14(21)15(8-17)1-3-22-4-2-15/h5-6H,1-4,7-8,17H2,(H,18,20)(H,19,21). The van der Waals surface area contributed by atoms with E-state index in [1.54, 1.807) is 12.1 Å². The Kier molecular flexibility index (Phi) is 4.43. The zero-order valence-electron chi connectivity index (χ0n) is 12.5. The van der Waals surface area contributed by atoms with E-state index in [4.69, 9.17) is 26.8 Å². The van der Waals surface area contributed by atoms with Crippen LogP contribution in [0.1, 0.15) is 12.8 Å². The Morgan fingerprint density at radius 2 is 2.13 bits per heavy atom. The summed E-state index contributed by atoms with van der Waals surface area (Å²) in [6.45, 7) is 1.21. The fourth-order valence-corrected chi connectivity index (χ4v) is 2.95. The minimum Gasteiger partial charge on any atom is -0.482 e. The van der Waals surface area contributed by atoms with Crippen molar-refractivity contribution >= 4 is 34.8 Å². The van der Waals surface area contributed by atoms with Gasteiger partial charge < -0.3 is 25.8 Å². The van der Waals surface area contributed by atoms with Crippen molar-refractivity contribution in [2.45, 2.75) is 12.8 Å². The number of benzene rings is 1. The molecule has 0 aromatic heterocycles. The Morgan fingerprint density at radius 3 is 2.83 bits per heavy atom. The van der Waals surface area contributed by atoms with Gasteiger partial charge in [0.05, 0.1) is 21.8 Å². The van der Waals surface area contributed by atoms with Crippen LogP contribution in [0.3, 0.4) is 0 Å². The van der Waals surface area contributed by atoms with Gasteiger partial charge in [-0.2, -0.15) is 0 Å². The molecule has 4 N–H and O–H groups in total. The smallest absolute Gasteiger partial charge is 0.262 e. The van der Waals surface area contributed by atoms with Crippen LogP contribution < -0.4 is 21.1 Å². The normalized spacial score (nSPS) is 19.3. The third kappa shape index (κ3) is 3.12. The third-order valence-corrected chi connectivity index (χ3v) is 4.59. The van der Waals surface area contributed by atoms with Gasteiger partial charge in [0.15, 0.2) is 6.61 Å². The maximum Gasteiger partial charge on any atom is 0.262 e. The first-order chi connectivity index (χ1) is 11.0. The Morgan fingerprint density at radius 1 is 1.39 bits per heavy atom. The van der Waals surface area contributed by atoms with Crippen molar-refractivity contribution < 1.29 is 19.1 Å². The second kappa shape index (κ2) is 6.35. The van der Waals surface area contributed by atoms with E-state index in [2.05, 4.69) is 10.6 Å². The molecule has 0 atom stereocenters. The van der Waals surface area contributed by atoms with E-state index < -0.39 is 5.41 Å². The van der Waals surface area contributed by atoms with E-state index in [0.717, 1.165) is 0 Å². The number of rotatable bonds is 3. The topological polar surface area (TPSA) is 103 Å². The van der Waals surface area contributed by atoms with E-state index in [1.807, 2.05) is 0 Å². The lowest BCUT2D eigenvalue weighted by Crippen LogP contribution is -2.46. The fourth-order valence-electron chi connectivity index (χ4n) is 2.74. The van der Waals surface area contributed by atoms with Crippen LogP contribution in [-0.4, -0.2) is 38.2 Å². The number of nitrogens with one attached hydrogen (secondary N) is 2. The van der Waals surface area contributed by atoms with Crippen molar-refractivity contribution in [3.63, 3.8) is 0 Å². The van der Waals surface area contributed by atoms with Gasteiger partial charge in [0.2, 0.25) is 5.91 Å². The predicted octanol–water partition coefficient (Wildman–Crippen LogP) is 1.36. The number of nitrogens with two attached hydrogens (primary N) is 1. The van der Waals surface area contributed by atoms with Crippen LogP contribution in [0.2, 0.25) is 5.02 Å². The lowest BCUT2D eigenvalue weighted by atomic mass is 9.79. The average Bonchev–Trinajstić information content (AvgIpc) is 2.56. The number of amides is 2. The van der Waals surface area contributed by atoms with Gasteiger partial charge in [-0.05, 0) is 18.9 Å². The number of carbonyl (C=O) groups excluding carboxylic acids is 2. The minimum atomic E-state index is -0.646. The molecule has 2 amide bonds. The molecule has 0 saturated carbocycles. The van der Waals surface area contributed by atoms with Gasteiger partial charge in [-0.15, -0.1) is 0 Å². The van der Waals surface area contributed by atoms with Gasteiger partial charge in [-0.3, -0.25) is 9.59 Å². The summed E-state index contributed by atoms with van der Waals surface area (Å²) in [4.78, 5) is 24.0. The number of ether oxygens (including phenoxy) is 2. The molecule has 0 radical (unpaired) electrons. The Balaban J connectivity index is 1.82. The van der Waals surface area contributed by atoms with Crippen molar-refractivity contribution in [1.82, 2.24) is 0 Å². The molecule has 124 valence electrons. The highest BCUT2D eigenvalue weighted by Crippen LogP contribution is 2.38. The summed E-state index contributed by atoms with van der Waals surface area (Å²) in [6, 6.07) is 3.17. The largest absolute Gasteiger partial charge is 0.482 e. The number of hydrogen-bond acceptors (Lipinski definition) is 5. The lowest BCUT2D eigenvalue weighted by molar-refractivity contribution is -0.130. The van der Waals surface area contributed by atoms with Crippen molar-refractivity contribution in [2.75, 3.05) is 37.0 Å². The van der Waals surface area contributed by atoms with E-state index >= 15 is 0 Å². The minimum absolute atomic E-state index is 0.0634. The number of halogens is 1. The molecule has 3 rings (SSSR count). The molecule has 0 unspecified atom stereocenters. The number of hydrogen-bond donors (Lipinski definition) is 3. The van der Waals surface area contributed by atoms with Crippen LogP contribution in [0.5, 0.6) is 5.75 Å². The zero-order valence-corrected chi connectivity index (χ0v) is 13.2. The second-order valence-electron chi connectivity index (χ2n) is 5.72. The summed E-state index contributed by atoms with van der Waals surface area (Å²) >= 11 is 6.20. The van der Waals surface area contributed by atoms with Crippen molar-refractivity contribution in [2.24, 2.45) is 11.1 Å². The summed E-state index contributed by atoms with van der Waals surface area (Å²) in [5, 5.41) is 5.82. The number of anilines is 2. The SMILES string of the molecule is NCC1(C(=O)Nc2cc3c(cc2Cl)NC(=O)CO3)CCOCC1. The van der Waals surface area contributed by atoms with E-state index in [-0.39, 0.29) is 25.0 Å². The molecule has 8 heteroatoms. The summed E-state index contributed by atoms with van der Waals surface area (Å²) in [7, 11) is 0. The third-order valence-electron chi connectivity index (χ3n) is 4.27. The van der Waals surface area contributed by atoms with E-state index in [0.29, 0.717) is 48.2 Å². The molecular formula is C15H18ClN3O4. The molecule has 0 bridgehead atoms.